The zero-order valence-corrected chi connectivity index (χ0v) is 10.2. The van der Waals surface area contributed by atoms with Crippen LogP contribution in [-0.2, 0) is 4.74 Å². The summed E-state index contributed by atoms with van der Waals surface area (Å²) in [6, 6.07) is 0. The number of nitrogens with zero attached hydrogens (tertiary/aromatic N) is 2. The Bertz CT molecular complexity index is 338. The van der Waals surface area contributed by atoms with Crippen LogP contribution in [0.4, 0.5) is 0 Å². The van der Waals surface area contributed by atoms with E-state index < -0.39 is 5.97 Å². The number of carbonyl (C=O) groups excluding carboxylic acids is 1. The van der Waals surface area contributed by atoms with E-state index in [9.17, 15) is 4.79 Å². The molecule has 0 N–H and O–H groups in total. The highest BCUT2D eigenvalue weighted by Crippen LogP contribution is 2.05. The first-order valence-corrected chi connectivity index (χ1v) is 5.62. The van der Waals surface area contributed by atoms with E-state index in [1.807, 2.05) is 0 Å². The highest BCUT2D eigenvalue weighted by molar-refractivity contribution is 6.29. The molecule has 0 aliphatic rings. The van der Waals surface area contributed by atoms with Crippen molar-refractivity contribution in [3.8, 4) is 0 Å². The van der Waals surface area contributed by atoms with Gasteiger partial charge < -0.3 is 4.74 Å². The van der Waals surface area contributed by atoms with Crippen LogP contribution in [0.5, 0.6) is 0 Å². The van der Waals surface area contributed by atoms with E-state index in [-0.39, 0.29) is 10.8 Å². The van der Waals surface area contributed by atoms with Crippen molar-refractivity contribution in [2.24, 2.45) is 5.92 Å². The standard InChI is InChI=1S/C11H15ClN2O2/c1-8(2)4-3-5-16-11(15)9-6-14-10(12)7-13-9/h6-8H,3-5H2,1-2H3. The molecule has 0 spiro atoms. The number of hydrogen-bond acceptors (Lipinski definition) is 4. The molecule has 1 aromatic heterocycles. The number of halogens is 1. The predicted octanol–water partition coefficient (Wildman–Crippen LogP) is 2.72. The monoisotopic (exact) mass is 242 g/mol. The van der Waals surface area contributed by atoms with Crippen molar-refractivity contribution < 1.29 is 9.53 Å². The van der Waals surface area contributed by atoms with Gasteiger partial charge in [0.05, 0.1) is 19.0 Å². The van der Waals surface area contributed by atoms with Gasteiger partial charge in [-0.1, -0.05) is 25.4 Å². The molecule has 0 aromatic carbocycles. The van der Waals surface area contributed by atoms with Crippen LogP contribution in [0.15, 0.2) is 12.4 Å². The second kappa shape index (κ2) is 6.43. The summed E-state index contributed by atoms with van der Waals surface area (Å²) in [5.41, 5.74) is 0.189. The Morgan fingerprint density at radius 1 is 1.44 bits per heavy atom. The molecule has 4 nitrogen and oxygen atoms in total. The number of aromatic nitrogens is 2. The minimum Gasteiger partial charge on any atom is -0.461 e. The zero-order valence-electron chi connectivity index (χ0n) is 9.44. The molecule has 0 fully saturated rings. The van der Waals surface area contributed by atoms with Gasteiger partial charge in [-0.25, -0.2) is 14.8 Å². The van der Waals surface area contributed by atoms with Gasteiger partial charge >= 0.3 is 5.97 Å². The fourth-order valence-corrected chi connectivity index (χ4v) is 1.25. The summed E-state index contributed by atoms with van der Waals surface area (Å²) in [6.07, 6.45) is 4.55. The SMILES string of the molecule is CC(C)CCCOC(=O)c1cnc(Cl)cn1. The molecule has 0 saturated carbocycles. The minimum atomic E-state index is -0.451. The van der Waals surface area contributed by atoms with E-state index in [0.29, 0.717) is 12.5 Å². The third-order valence-electron chi connectivity index (χ3n) is 1.99. The Hall–Kier alpha value is -1.16. The van der Waals surface area contributed by atoms with Gasteiger partial charge in [0, 0.05) is 0 Å². The predicted molar refractivity (Wildman–Crippen MR) is 61.4 cm³/mol. The maximum atomic E-state index is 11.4. The maximum Gasteiger partial charge on any atom is 0.358 e. The van der Waals surface area contributed by atoms with Crippen molar-refractivity contribution in [2.45, 2.75) is 26.7 Å². The van der Waals surface area contributed by atoms with E-state index in [1.54, 1.807) is 0 Å². The van der Waals surface area contributed by atoms with Crippen LogP contribution in [-0.4, -0.2) is 22.5 Å². The number of esters is 1. The first-order valence-electron chi connectivity index (χ1n) is 5.24. The van der Waals surface area contributed by atoms with E-state index >= 15 is 0 Å². The molecular formula is C11H15ClN2O2. The minimum absolute atomic E-state index is 0.189. The third kappa shape index (κ3) is 4.57. The number of carbonyl (C=O) groups is 1. The Kier molecular flexibility index (Phi) is 5.19. The van der Waals surface area contributed by atoms with Crippen molar-refractivity contribution in [3.05, 3.63) is 23.2 Å². The molecule has 0 unspecified atom stereocenters. The first kappa shape index (κ1) is 12.9. The van der Waals surface area contributed by atoms with Crippen LogP contribution in [0.3, 0.4) is 0 Å². The largest absolute Gasteiger partial charge is 0.461 e. The van der Waals surface area contributed by atoms with Crippen LogP contribution < -0.4 is 0 Å². The van der Waals surface area contributed by atoms with Crippen molar-refractivity contribution in [3.63, 3.8) is 0 Å². The normalized spacial score (nSPS) is 10.5. The van der Waals surface area contributed by atoms with Crippen molar-refractivity contribution >= 4 is 17.6 Å². The van der Waals surface area contributed by atoms with Gasteiger partial charge in [-0.2, -0.15) is 0 Å². The average molecular weight is 243 g/mol. The molecule has 0 bridgehead atoms. The van der Waals surface area contributed by atoms with Crippen LogP contribution >= 0.6 is 11.6 Å². The summed E-state index contributed by atoms with van der Waals surface area (Å²) >= 11 is 5.55. The fourth-order valence-electron chi connectivity index (χ4n) is 1.15. The van der Waals surface area contributed by atoms with E-state index in [4.69, 9.17) is 16.3 Å². The van der Waals surface area contributed by atoms with Gasteiger partial charge in [0.2, 0.25) is 0 Å². The van der Waals surface area contributed by atoms with Crippen molar-refractivity contribution in [2.75, 3.05) is 6.61 Å². The number of ether oxygens (including phenoxy) is 1. The van der Waals surface area contributed by atoms with Crippen molar-refractivity contribution in [1.82, 2.24) is 9.97 Å². The van der Waals surface area contributed by atoms with Gasteiger partial charge in [0.1, 0.15) is 5.15 Å². The molecule has 0 amide bonds. The fraction of sp³-hybridized carbons (Fsp3) is 0.545. The molecule has 0 aliphatic carbocycles. The summed E-state index contributed by atoms with van der Waals surface area (Å²) in [4.78, 5) is 19.0. The van der Waals surface area contributed by atoms with Gasteiger partial charge in [-0.05, 0) is 18.8 Å². The molecule has 1 rings (SSSR count). The van der Waals surface area contributed by atoms with E-state index in [2.05, 4.69) is 23.8 Å². The molecule has 5 heteroatoms. The van der Waals surface area contributed by atoms with Crippen LogP contribution in [0.1, 0.15) is 37.2 Å². The lowest BCUT2D eigenvalue weighted by Gasteiger charge is -2.05. The highest BCUT2D eigenvalue weighted by atomic mass is 35.5. The lowest BCUT2D eigenvalue weighted by atomic mass is 10.1. The first-order chi connectivity index (χ1) is 7.59. The molecular weight excluding hydrogens is 228 g/mol. The number of rotatable bonds is 5. The quantitative estimate of drug-likeness (QED) is 0.589. The topological polar surface area (TPSA) is 52.1 Å². The molecule has 88 valence electrons. The lowest BCUT2D eigenvalue weighted by Crippen LogP contribution is -2.09. The average Bonchev–Trinajstić information content (AvgIpc) is 2.25. The molecule has 0 saturated heterocycles. The Morgan fingerprint density at radius 2 is 2.19 bits per heavy atom. The molecule has 16 heavy (non-hydrogen) atoms. The molecule has 0 aliphatic heterocycles. The Morgan fingerprint density at radius 3 is 2.75 bits per heavy atom. The molecule has 0 atom stereocenters. The number of hydrogen-bond donors (Lipinski definition) is 0. The third-order valence-corrected chi connectivity index (χ3v) is 2.18. The van der Waals surface area contributed by atoms with Crippen LogP contribution in [0.2, 0.25) is 5.15 Å². The molecule has 1 heterocycles. The van der Waals surface area contributed by atoms with Crippen LogP contribution in [0, 0.1) is 5.92 Å². The highest BCUT2D eigenvalue weighted by Gasteiger charge is 2.08. The summed E-state index contributed by atoms with van der Waals surface area (Å²) in [6.45, 7) is 4.68. The zero-order chi connectivity index (χ0) is 12.0. The summed E-state index contributed by atoms with van der Waals surface area (Å²) in [5, 5.41) is 0.261. The van der Waals surface area contributed by atoms with E-state index in [1.165, 1.54) is 12.4 Å². The second-order valence-electron chi connectivity index (χ2n) is 3.90. The van der Waals surface area contributed by atoms with Gasteiger partial charge in [0.25, 0.3) is 0 Å². The van der Waals surface area contributed by atoms with Gasteiger partial charge in [-0.3, -0.25) is 0 Å². The summed E-state index contributed by atoms with van der Waals surface area (Å²) in [5.74, 6) is 0.168. The summed E-state index contributed by atoms with van der Waals surface area (Å²) in [7, 11) is 0. The van der Waals surface area contributed by atoms with Gasteiger partial charge in [0.15, 0.2) is 5.69 Å². The molecule has 0 radical (unpaired) electrons. The maximum absolute atomic E-state index is 11.4. The van der Waals surface area contributed by atoms with E-state index in [0.717, 1.165) is 12.8 Å². The Labute approximate surface area is 100 Å². The second-order valence-corrected chi connectivity index (χ2v) is 4.28. The lowest BCUT2D eigenvalue weighted by molar-refractivity contribution is 0.0487. The Balaban J connectivity index is 2.32. The molecule has 1 aromatic rings. The van der Waals surface area contributed by atoms with Crippen LogP contribution in [0.25, 0.3) is 0 Å². The smallest absolute Gasteiger partial charge is 0.358 e. The van der Waals surface area contributed by atoms with Crippen molar-refractivity contribution in [1.29, 1.82) is 0 Å². The van der Waals surface area contributed by atoms with Gasteiger partial charge in [-0.15, -0.1) is 0 Å². The summed E-state index contributed by atoms with van der Waals surface area (Å²) < 4.78 is 5.03.